The third-order valence-corrected chi connectivity index (χ3v) is 2.12. The highest BCUT2D eigenvalue weighted by Crippen LogP contribution is 2.37. The number of aliphatic carboxylic acids is 1. The molecule has 1 rings (SSSR count). The van der Waals surface area contributed by atoms with Crippen molar-refractivity contribution in [1.82, 2.24) is 0 Å². The molecule has 0 aliphatic rings. The van der Waals surface area contributed by atoms with Crippen LogP contribution < -0.4 is 4.74 Å². The first-order valence-electron chi connectivity index (χ1n) is 4.61. The first kappa shape index (κ1) is 12.4. The molecule has 1 aromatic rings. The summed E-state index contributed by atoms with van der Waals surface area (Å²) in [5.74, 6) is -4.97. The van der Waals surface area contributed by atoms with Gasteiger partial charge in [-0.25, -0.2) is 8.78 Å². The van der Waals surface area contributed by atoms with Crippen molar-refractivity contribution >= 4 is 5.97 Å². The number of carboxylic acid groups (broad SMARTS) is 1. The van der Waals surface area contributed by atoms with Gasteiger partial charge in [0, 0.05) is 0 Å². The Hall–Kier alpha value is -1.65. The van der Waals surface area contributed by atoms with Crippen LogP contribution in [-0.4, -0.2) is 18.2 Å². The minimum atomic E-state index is -3.43. The minimum Gasteiger partial charge on any atom is -0.496 e. The highest BCUT2D eigenvalue weighted by atomic mass is 19.3. The first-order chi connectivity index (χ1) is 7.36. The molecule has 1 N–H and O–H groups in total. The molecule has 0 fully saturated rings. The van der Waals surface area contributed by atoms with E-state index in [9.17, 15) is 13.6 Å². The number of benzene rings is 1. The van der Waals surface area contributed by atoms with E-state index in [4.69, 9.17) is 9.84 Å². The maximum Gasteiger partial charge on any atom is 0.309 e. The zero-order valence-electron chi connectivity index (χ0n) is 8.96. The normalized spacial score (nSPS) is 11.2. The van der Waals surface area contributed by atoms with E-state index in [0.717, 1.165) is 5.56 Å². The molecule has 0 heterocycles. The number of alkyl halides is 2. The van der Waals surface area contributed by atoms with Gasteiger partial charge in [-0.2, -0.15) is 0 Å². The Morgan fingerprint density at radius 1 is 1.50 bits per heavy atom. The molecule has 1 aromatic carbocycles. The second kappa shape index (κ2) is 4.47. The van der Waals surface area contributed by atoms with Crippen LogP contribution in [0.2, 0.25) is 0 Å². The van der Waals surface area contributed by atoms with Crippen LogP contribution in [0.4, 0.5) is 8.78 Å². The van der Waals surface area contributed by atoms with E-state index in [2.05, 4.69) is 0 Å². The topological polar surface area (TPSA) is 46.5 Å². The molecule has 0 aliphatic heterocycles. The van der Waals surface area contributed by atoms with Crippen molar-refractivity contribution in [1.29, 1.82) is 0 Å². The third kappa shape index (κ3) is 2.68. The van der Waals surface area contributed by atoms with Crippen LogP contribution in [0.15, 0.2) is 18.2 Å². The summed E-state index contributed by atoms with van der Waals surface area (Å²) >= 11 is 0. The highest BCUT2D eigenvalue weighted by molar-refractivity contribution is 5.68. The second-order valence-electron chi connectivity index (χ2n) is 3.48. The number of carboxylic acids is 1. The maximum atomic E-state index is 13.5. The van der Waals surface area contributed by atoms with Crippen LogP contribution in [0.3, 0.4) is 0 Å². The summed E-state index contributed by atoms with van der Waals surface area (Å²) in [6.45, 7) is 1.74. The van der Waals surface area contributed by atoms with Crippen molar-refractivity contribution in [3.05, 3.63) is 29.3 Å². The van der Waals surface area contributed by atoms with Crippen LogP contribution in [0.25, 0.3) is 0 Å². The van der Waals surface area contributed by atoms with Gasteiger partial charge in [0.2, 0.25) is 0 Å². The van der Waals surface area contributed by atoms with Gasteiger partial charge in [-0.05, 0) is 24.6 Å². The molecule has 3 nitrogen and oxygen atoms in total. The number of methoxy groups -OCH3 is 1. The Kier molecular flexibility index (Phi) is 3.47. The fraction of sp³-hybridized carbons (Fsp3) is 0.364. The zero-order valence-corrected chi connectivity index (χ0v) is 8.96. The number of rotatable bonds is 4. The van der Waals surface area contributed by atoms with Gasteiger partial charge in [-0.15, -0.1) is 0 Å². The lowest BCUT2D eigenvalue weighted by molar-refractivity contribution is -0.145. The molecule has 5 heteroatoms. The lowest BCUT2D eigenvalue weighted by Gasteiger charge is -2.17. The van der Waals surface area contributed by atoms with E-state index >= 15 is 0 Å². The predicted molar refractivity (Wildman–Crippen MR) is 53.9 cm³/mol. The first-order valence-corrected chi connectivity index (χ1v) is 4.61. The average Bonchev–Trinajstić information content (AvgIpc) is 2.15. The monoisotopic (exact) mass is 230 g/mol. The number of hydrogen-bond acceptors (Lipinski definition) is 2. The molecule has 0 bridgehead atoms. The standard InChI is InChI=1S/C11H12F2O3/c1-7-3-4-8(9(5-7)16-2)11(12,13)6-10(14)15/h3-5H,6H2,1-2H3,(H,14,15). The van der Waals surface area contributed by atoms with Crippen molar-refractivity contribution < 1.29 is 23.4 Å². The quantitative estimate of drug-likeness (QED) is 0.864. The van der Waals surface area contributed by atoms with Gasteiger partial charge >= 0.3 is 5.97 Å². The molecular weight excluding hydrogens is 218 g/mol. The minimum absolute atomic E-state index is 0.00579. The maximum absolute atomic E-state index is 13.5. The van der Waals surface area contributed by atoms with Crippen LogP contribution in [-0.2, 0) is 10.7 Å². The number of carbonyl (C=O) groups is 1. The van der Waals surface area contributed by atoms with E-state index in [1.165, 1.54) is 25.3 Å². The summed E-state index contributed by atoms with van der Waals surface area (Å²) in [7, 11) is 1.27. The van der Waals surface area contributed by atoms with Crippen LogP contribution in [0, 0.1) is 6.92 Å². The number of hydrogen-bond donors (Lipinski definition) is 1. The molecule has 88 valence electrons. The summed E-state index contributed by atoms with van der Waals surface area (Å²) in [6, 6.07) is 4.13. The molecular formula is C11H12F2O3. The average molecular weight is 230 g/mol. The molecule has 0 atom stereocenters. The van der Waals surface area contributed by atoms with Gasteiger partial charge in [-0.3, -0.25) is 4.79 Å². The van der Waals surface area contributed by atoms with Crippen molar-refractivity contribution in [3.63, 3.8) is 0 Å². The molecule has 0 saturated heterocycles. The Labute approximate surface area is 91.7 Å². The van der Waals surface area contributed by atoms with E-state index in [-0.39, 0.29) is 5.75 Å². The van der Waals surface area contributed by atoms with E-state index < -0.39 is 23.9 Å². The largest absolute Gasteiger partial charge is 0.496 e. The zero-order chi connectivity index (χ0) is 12.3. The van der Waals surface area contributed by atoms with Crippen LogP contribution >= 0.6 is 0 Å². The molecule has 0 unspecified atom stereocenters. The number of aryl methyl sites for hydroxylation is 1. The Morgan fingerprint density at radius 2 is 2.12 bits per heavy atom. The van der Waals surface area contributed by atoms with Gasteiger partial charge in [0.25, 0.3) is 5.92 Å². The lowest BCUT2D eigenvalue weighted by Crippen LogP contribution is -2.19. The lowest BCUT2D eigenvalue weighted by atomic mass is 10.0. The molecule has 16 heavy (non-hydrogen) atoms. The smallest absolute Gasteiger partial charge is 0.309 e. The van der Waals surface area contributed by atoms with Crippen LogP contribution in [0.1, 0.15) is 17.5 Å². The predicted octanol–water partition coefficient (Wildman–Crippen LogP) is 2.57. The molecule has 0 amide bonds. The second-order valence-corrected chi connectivity index (χ2v) is 3.48. The van der Waals surface area contributed by atoms with Gasteiger partial charge in [0.15, 0.2) is 0 Å². The SMILES string of the molecule is COc1cc(C)ccc1C(F)(F)CC(=O)O. The van der Waals surface area contributed by atoms with Crippen molar-refractivity contribution in [2.24, 2.45) is 0 Å². The number of halogens is 2. The van der Waals surface area contributed by atoms with Crippen molar-refractivity contribution in [2.45, 2.75) is 19.3 Å². The third-order valence-electron chi connectivity index (χ3n) is 2.12. The molecule has 0 aliphatic carbocycles. The van der Waals surface area contributed by atoms with Gasteiger partial charge in [0.05, 0.1) is 12.7 Å². The van der Waals surface area contributed by atoms with Crippen molar-refractivity contribution in [3.8, 4) is 5.75 Å². The van der Waals surface area contributed by atoms with E-state index in [1.807, 2.05) is 0 Å². The van der Waals surface area contributed by atoms with Gasteiger partial charge in [0.1, 0.15) is 12.2 Å². The van der Waals surface area contributed by atoms with E-state index in [0.29, 0.717) is 0 Å². The summed E-state index contributed by atoms with van der Waals surface area (Å²) in [6.07, 6.45) is -1.24. The molecule has 0 spiro atoms. The summed E-state index contributed by atoms with van der Waals surface area (Å²) in [4.78, 5) is 10.3. The number of ether oxygens (including phenoxy) is 1. The Bertz CT molecular complexity index is 402. The summed E-state index contributed by atoms with van der Waals surface area (Å²) < 4.78 is 31.9. The van der Waals surface area contributed by atoms with Crippen molar-refractivity contribution in [2.75, 3.05) is 7.11 Å². The van der Waals surface area contributed by atoms with E-state index in [1.54, 1.807) is 6.92 Å². The molecule has 0 aromatic heterocycles. The summed E-state index contributed by atoms with van der Waals surface area (Å²) in [5, 5.41) is 8.41. The highest BCUT2D eigenvalue weighted by Gasteiger charge is 2.37. The van der Waals surface area contributed by atoms with Gasteiger partial charge in [-0.1, -0.05) is 6.07 Å². The van der Waals surface area contributed by atoms with Crippen LogP contribution in [0.5, 0.6) is 5.75 Å². The fourth-order valence-electron chi connectivity index (χ4n) is 1.39. The van der Waals surface area contributed by atoms with Gasteiger partial charge < -0.3 is 9.84 Å². The molecule has 0 radical (unpaired) electrons. The molecule has 0 saturated carbocycles. The Balaban J connectivity index is 3.15. The summed E-state index contributed by atoms with van der Waals surface area (Å²) in [5.41, 5.74) is 0.370. The Morgan fingerprint density at radius 3 is 2.62 bits per heavy atom. The fourth-order valence-corrected chi connectivity index (χ4v) is 1.39.